The van der Waals surface area contributed by atoms with Crippen LogP contribution in [0.4, 0.5) is 17.1 Å². The lowest BCUT2D eigenvalue weighted by Crippen LogP contribution is -2.16. The average molecular weight is 482 g/mol. The third-order valence-electron chi connectivity index (χ3n) is 4.71. The quantitative estimate of drug-likeness (QED) is 0.0805. The fourth-order valence-corrected chi connectivity index (χ4v) is 2.94. The highest BCUT2D eigenvalue weighted by Crippen LogP contribution is 2.32. The number of nitrogens with zero attached hydrogens (tertiary/aromatic N) is 3. The van der Waals surface area contributed by atoms with E-state index in [1.807, 2.05) is 12.1 Å². The molecule has 11 heteroatoms. The SMILES string of the molecule is C=CC(=O)OCCCCc1ccccc1NC(=O)C(N=Nc1ccc([N+](=O)[O-])cc1OC)=C(C)O. The normalized spacial score (nSPS) is 11.5. The topological polar surface area (TPSA) is 153 Å². The molecular weight excluding hydrogens is 456 g/mol. The Morgan fingerprint density at radius 2 is 1.97 bits per heavy atom. The van der Waals surface area contributed by atoms with E-state index in [0.29, 0.717) is 24.9 Å². The number of nitro groups is 1. The van der Waals surface area contributed by atoms with Gasteiger partial charge in [-0.15, -0.1) is 10.2 Å². The smallest absolute Gasteiger partial charge is 0.330 e. The minimum Gasteiger partial charge on any atom is -0.510 e. The maximum Gasteiger partial charge on any atom is 0.330 e. The summed E-state index contributed by atoms with van der Waals surface area (Å²) in [6.45, 7) is 4.90. The van der Waals surface area contributed by atoms with Gasteiger partial charge >= 0.3 is 5.97 Å². The van der Waals surface area contributed by atoms with Crippen molar-refractivity contribution in [1.29, 1.82) is 0 Å². The van der Waals surface area contributed by atoms with Gasteiger partial charge in [0.25, 0.3) is 11.6 Å². The zero-order valence-corrected chi connectivity index (χ0v) is 19.4. The Morgan fingerprint density at radius 1 is 1.23 bits per heavy atom. The van der Waals surface area contributed by atoms with Crippen LogP contribution < -0.4 is 10.1 Å². The van der Waals surface area contributed by atoms with E-state index in [2.05, 4.69) is 22.1 Å². The molecule has 0 fully saturated rings. The Morgan fingerprint density at radius 3 is 2.63 bits per heavy atom. The Hall–Kier alpha value is -4.54. The predicted octanol–water partition coefficient (Wildman–Crippen LogP) is 5.17. The van der Waals surface area contributed by atoms with Crippen LogP contribution in [0.3, 0.4) is 0 Å². The molecule has 2 aromatic rings. The Kier molecular flexibility index (Phi) is 10.1. The largest absolute Gasteiger partial charge is 0.510 e. The molecule has 2 rings (SSSR count). The second kappa shape index (κ2) is 13.2. The van der Waals surface area contributed by atoms with E-state index in [1.54, 1.807) is 12.1 Å². The lowest BCUT2D eigenvalue weighted by molar-refractivity contribution is -0.384. The number of azo groups is 1. The van der Waals surface area contributed by atoms with E-state index in [9.17, 15) is 24.8 Å². The summed E-state index contributed by atoms with van der Waals surface area (Å²) in [4.78, 5) is 34.3. The summed E-state index contributed by atoms with van der Waals surface area (Å²) in [5.74, 6) is -1.45. The summed E-state index contributed by atoms with van der Waals surface area (Å²) in [6, 6.07) is 10.9. The summed E-state index contributed by atoms with van der Waals surface area (Å²) >= 11 is 0. The number of carbonyl (C=O) groups is 2. The van der Waals surface area contributed by atoms with E-state index >= 15 is 0 Å². The van der Waals surface area contributed by atoms with Crippen molar-refractivity contribution in [2.75, 3.05) is 19.0 Å². The zero-order chi connectivity index (χ0) is 25.8. The second-order valence-corrected chi connectivity index (χ2v) is 7.19. The molecule has 1 amide bonds. The first-order chi connectivity index (χ1) is 16.8. The van der Waals surface area contributed by atoms with Crippen LogP contribution in [-0.2, 0) is 20.7 Å². The fraction of sp³-hybridized carbons (Fsp3) is 0.250. The summed E-state index contributed by atoms with van der Waals surface area (Å²) in [5, 5.41) is 31.5. The van der Waals surface area contributed by atoms with Gasteiger partial charge in [-0.05, 0) is 43.9 Å². The number of anilines is 1. The standard InChI is InChI=1S/C24H26N4O7/c1-4-22(30)35-14-8-7-10-17-9-5-6-11-19(17)25-24(31)23(16(2)29)27-26-20-13-12-18(28(32)33)15-21(20)34-3/h4-6,9,11-13,15,29H,1,7-8,10,14H2,2-3H3,(H,25,31). The van der Waals surface area contributed by atoms with E-state index < -0.39 is 16.8 Å². The summed E-state index contributed by atoms with van der Waals surface area (Å²) in [6.07, 6.45) is 3.06. The van der Waals surface area contributed by atoms with E-state index in [1.165, 1.54) is 32.2 Å². The van der Waals surface area contributed by atoms with Crippen molar-refractivity contribution in [2.45, 2.75) is 26.2 Å². The highest BCUT2D eigenvalue weighted by Gasteiger charge is 2.16. The molecule has 35 heavy (non-hydrogen) atoms. The highest BCUT2D eigenvalue weighted by atomic mass is 16.6. The monoisotopic (exact) mass is 482 g/mol. The lowest BCUT2D eigenvalue weighted by atomic mass is 10.1. The average Bonchev–Trinajstić information content (AvgIpc) is 2.84. The number of unbranched alkanes of at least 4 members (excludes halogenated alkanes) is 1. The van der Waals surface area contributed by atoms with Gasteiger partial charge in [-0.3, -0.25) is 14.9 Å². The Labute approximate surface area is 201 Å². The second-order valence-electron chi connectivity index (χ2n) is 7.19. The Bertz CT molecular complexity index is 1150. The van der Waals surface area contributed by atoms with Crippen LogP contribution in [0.1, 0.15) is 25.3 Å². The summed E-state index contributed by atoms with van der Waals surface area (Å²) < 4.78 is 10.1. The number of carbonyl (C=O) groups excluding carboxylic acids is 2. The van der Waals surface area contributed by atoms with Gasteiger partial charge in [0, 0.05) is 17.8 Å². The van der Waals surface area contributed by atoms with Crippen molar-refractivity contribution >= 4 is 28.9 Å². The molecule has 0 saturated carbocycles. The molecule has 0 aliphatic carbocycles. The highest BCUT2D eigenvalue weighted by molar-refractivity contribution is 6.04. The number of hydrogen-bond acceptors (Lipinski definition) is 9. The number of methoxy groups -OCH3 is 1. The van der Waals surface area contributed by atoms with E-state index in [0.717, 1.165) is 11.6 Å². The molecule has 0 aromatic heterocycles. The van der Waals surface area contributed by atoms with Crippen molar-refractivity contribution < 1.29 is 29.1 Å². The van der Waals surface area contributed by atoms with Crippen LogP contribution in [0.15, 0.2) is 76.8 Å². The number of nitrogens with one attached hydrogen (secondary N) is 1. The molecule has 0 spiro atoms. The molecule has 11 nitrogen and oxygen atoms in total. The third kappa shape index (κ3) is 8.07. The van der Waals surface area contributed by atoms with Crippen molar-refractivity contribution in [3.05, 3.63) is 82.3 Å². The van der Waals surface area contributed by atoms with Gasteiger partial charge in [0.15, 0.2) is 11.4 Å². The molecule has 2 N–H and O–H groups in total. The molecule has 0 saturated heterocycles. The van der Waals surface area contributed by atoms with Crippen molar-refractivity contribution in [3.63, 3.8) is 0 Å². The molecule has 2 aromatic carbocycles. The minimum absolute atomic E-state index is 0.0856. The van der Waals surface area contributed by atoms with Crippen LogP contribution in [0.25, 0.3) is 0 Å². The number of hydrogen-bond donors (Lipinski definition) is 2. The number of amides is 1. The number of aliphatic hydroxyl groups excluding tert-OH is 1. The molecule has 0 radical (unpaired) electrons. The van der Waals surface area contributed by atoms with E-state index in [-0.39, 0.29) is 35.2 Å². The number of benzene rings is 2. The molecule has 0 bridgehead atoms. The minimum atomic E-state index is -0.693. The van der Waals surface area contributed by atoms with Gasteiger partial charge < -0.3 is 19.9 Å². The first kappa shape index (κ1) is 26.7. The number of non-ortho nitro benzene ring substituents is 1. The third-order valence-corrected chi connectivity index (χ3v) is 4.71. The van der Waals surface area contributed by atoms with Crippen LogP contribution >= 0.6 is 0 Å². The maximum absolute atomic E-state index is 12.8. The molecule has 0 unspecified atom stereocenters. The van der Waals surface area contributed by atoms with Crippen molar-refractivity contribution in [1.82, 2.24) is 0 Å². The number of allylic oxidation sites excluding steroid dienone is 1. The molecule has 0 atom stereocenters. The van der Waals surface area contributed by atoms with Crippen LogP contribution in [0, 0.1) is 10.1 Å². The van der Waals surface area contributed by atoms with Crippen molar-refractivity contribution in [2.24, 2.45) is 10.2 Å². The van der Waals surface area contributed by atoms with Gasteiger partial charge in [-0.2, -0.15) is 0 Å². The van der Waals surface area contributed by atoms with Crippen LogP contribution in [0.2, 0.25) is 0 Å². The number of para-hydroxylation sites is 1. The van der Waals surface area contributed by atoms with E-state index in [4.69, 9.17) is 9.47 Å². The number of ether oxygens (including phenoxy) is 2. The number of rotatable bonds is 12. The molecule has 184 valence electrons. The first-order valence-corrected chi connectivity index (χ1v) is 10.6. The fourth-order valence-electron chi connectivity index (χ4n) is 2.94. The maximum atomic E-state index is 12.8. The number of aliphatic hydroxyl groups is 1. The molecule has 0 heterocycles. The summed E-state index contributed by atoms with van der Waals surface area (Å²) in [5.41, 5.74) is 0.990. The first-order valence-electron chi connectivity index (χ1n) is 10.6. The molecule has 0 aliphatic rings. The zero-order valence-electron chi connectivity index (χ0n) is 19.4. The number of aryl methyl sites for hydroxylation is 1. The van der Waals surface area contributed by atoms with Crippen molar-refractivity contribution in [3.8, 4) is 5.75 Å². The van der Waals surface area contributed by atoms with Gasteiger partial charge in [0.05, 0.1) is 24.7 Å². The van der Waals surface area contributed by atoms with Crippen LogP contribution in [0.5, 0.6) is 5.75 Å². The predicted molar refractivity (Wildman–Crippen MR) is 129 cm³/mol. The number of nitro benzene ring substituents is 1. The lowest BCUT2D eigenvalue weighted by Gasteiger charge is -2.11. The molecular formula is C24H26N4O7. The molecule has 0 aliphatic heterocycles. The summed E-state index contributed by atoms with van der Waals surface area (Å²) in [7, 11) is 1.32. The number of esters is 1. The Balaban J connectivity index is 2.12. The van der Waals surface area contributed by atoms with Gasteiger partial charge in [-0.1, -0.05) is 24.8 Å². The van der Waals surface area contributed by atoms with Gasteiger partial charge in [0.2, 0.25) is 0 Å². The van der Waals surface area contributed by atoms with Gasteiger partial charge in [-0.25, -0.2) is 4.79 Å². The van der Waals surface area contributed by atoms with Gasteiger partial charge in [0.1, 0.15) is 11.4 Å². The van der Waals surface area contributed by atoms with Crippen LogP contribution in [-0.4, -0.2) is 35.6 Å².